The smallest absolute Gasteiger partial charge is 0.278 e. The highest BCUT2D eigenvalue weighted by Gasteiger charge is 2.42. The molecule has 172 valence electrons. The highest BCUT2D eigenvalue weighted by molar-refractivity contribution is 6.36. The van der Waals surface area contributed by atoms with Gasteiger partial charge in [-0.1, -0.05) is 42.5 Å². The molecule has 0 bridgehead atoms. The Kier molecular flexibility index (Phi) is 5.88. The fraction of sp³-hybridized carbons (Fsp3) is 0.214. The van der Waals surface area contributed by atoms with Gasteiger partial charge in [0.25, 0.3) is 11.8 Å². The van der Waals surface area contributed by atoms with Gasteiger partial charge in [-0.05, 0) is 66.3 Å². The Hall–Kier alpha value is -3.93. The Morgan fingerprint density at radius 3 is 2.38 bits per heavy atom. The Balaban J connectivity index is 1.51. The summed E-state index contributed by atoms with van der Waals surface area (Å²) in [6.45, 7) is 0.899. The first kappa shape index (κ1) is 21.9. The number of imide groups is 1. The topological polar surface area (TPSA) is 49.9 Å². The van der Waals surface area contributed by atoms with Crippen LogP contribution in [0.1, 0.15) is 23.1 Å². The van der Waals surface area contributed by atoms with Crippen molar-refractivity contribution in [1.82, 2.24) is 4.90 Å². The number of ether oxygens (including phenoxy) is 1. The molecule has 6 heteroatoms. The van der Waals surface area contributed by atoms with E-state index in [-0.39, 0.29) is 24.2 Å². The molecule has 34 heavy (non-hydrogen) atoms. The Bertz CT molecular complexity index is 1270. The fourth-order valence-corrected chi connectivity index (χ4v) is 4.69. The zero-order valence-electron chi connectivity index (χ0n) is 19.0. The van der Waals surface area contributed by atoms with Crippen molar-refractivity contribution in [2.75, 3.05) is 25.1 Å². The van der Waals surface area contributed by atoms with Crippen LogP contribution in [0.3, 0.4) is 0 Å². The molecule has 0 saturated heterocycles. The molecule has 2 aliphatic rings. The summed E-state index contributed by atoms with van der Waals surface area (Å²) >= 11 is 0. The van der Waals surface area contributed by atoms with E-state index in [1.807, 2.05) is 47.4 Å². The highest BCUT2D eigenvalue weighted by Crippen LogP contribution is 2.38. The van der Waals surface area contributed by atoms with E-state index >= 15 is 0 Å². The molecule has 2 amide bonds. The van der Waals surface area contributed by atoms with Crippen molar-refractivity contribution in [2.45, 2.75) is 19.3 Å². The third kappa shape index (κ3) is 3.96. The van der Waals surface area contributed by atoms with E-state index in [0.29, 0.717) is 29.8 Å². The number of amides is 2. The maximum absolute atomic E-state index is 13.7. The molecule has 0 saturated carbocycles. The van der Waals surface area contributed by atoms with Crippen molar-refractivity contribution in [2.24, 2.45) is 0 Å². The van der Waals surface area contributed by atoms with Crippen molar-refractivity contribution in [3.63, 3.8) is 0 Å². The maximum Gasteiger partial charge on any atom is 0.278 e. The first-order valence-corrected chi connectivity index (χ1v) is 11.4. The predicted octanol–water partition coefficient (Wildman–Crippen LogP) is 4.61. The number of carbonyl (C=O) groups is 2. The normalized spacial score (nSPS) is 15.7. The lowest BCUT2D eigenvalue weighted by atomic mass is 9.98. The summed E-state index contributed by atoms with van der Waals surface area (Å²) in [6.07, 6.45) is 2.34. The minimum Gasteiger partial charge on any atom is -0.497 e. The summed E-state index contributed by atoms with van der Waals surface area (Å²) in [6, 6.07) is 21.3. The molecule has 3 aromatic carbocycles. The molecule has 0 radical (unpaired) electrons. The first-order chi connectivity index (χ1) is 16.6. The van der Waals surface area contributed by atoms with Crippen LogP contribution in [-0.4, -0.2) is 36.9 Å². The average molecular weight is 457 g/mol. The van der Waals surface area contributed by atoms with Crippen LogP contribution in [0.5, 0.6) is 5.75 Å². The molecule has 0 atom stereocenters. The van der Waals surface area contributed by atoms with Gasteiger partial charge < -0.3 is 9.64 Å². The van der Waals surface area contributed by atoms with Crippen LogP contribution in [0.15, 0.2) is 78.5 Å². The molecule has 0 aliphatic carbocycles. The van der Waals surface area contributed by atoms with E-state index in [4.69, 9.17) is 4.74 Å². The molecule has 0 aromatic heterocycles. The minimum atomic E-state index is -0.387. The molecule has 5 rings (SSSR count). The molecular formula is C28H25FN2O3. The minimum absolute atomic E-state index is 0.258. The van der Waals surface area contributed by atoms with Crippen LogP contribution < -0.4 is 9.64 Å². The second-order valence-corrected chi connectivity index (χ2v) is 8.47. The first-order valence-electron chi connectivity index (χ1n) is 11.4. The second kappa shape index (κ2) is 9.14. The summed E-state index contributed by atoms with van der Waals surface area (Å²) < 4.78 is 18.8. The molecule has 2 heterocycles. The SMILES string of the molecule is COc1ccc(CCN2C(=O)C(c3ccc(F)cc3)=C(N3CCCc4ccccc43)C2=O)cc1. The number of nitrogens with zero attached hydrogens (tertiary/aromatic N) is 2. The van der Waals surface area contributed by atoms with Crippen molar-refractivity contribution < 1.29 is 18.7 Å². The average Bonchev–Trinajstić information content (AvgIpc) is 3.12. The summed E-state index contributed by atoms with van der Waals surface area (Å²) in [7, 11) is 1.61. The number of rotatable bonds is 6. The van der Waals surface area contributed by atoms with Gasteiger partial charge in [0, 0.05) is 18.8 Å². The number of benzene rings is 3. The molecule has 5 nitrogen and oxygen atoms in total. The molecular weight excluding hydrogens is 431 g/mol. The number of para-hydroxylation sites is 1. The van der Waals surface area contributed by atoms with Crippen LogP contribution in [-0.2, 0) is 22.4 Å². The van der Waals surface area contributed by atoms with Gasteiger partial charge in [0.2, 0.25) is 0 Å². The third-order valence-electron chi connectivity index (χ3n) is 6.44. The third-order valence-corrected chi connectivity index (χ3v) is 6.44. The standard InChI is InChI=1S/C28H25FN2O3/c1-34-23-14-8-19(9-15-23)16-18-31-27(32)25(21-10-12-22(29)13-11-21)26(28(31)33)30-17-4-6-20-5-2-3-7-24(20)30/h2-3,5,7-15H,4,6,16-18H2,1H3. The molecule has 3 aromatic rings. The van der Waals surface area contributed by atoms with Crippen molar-refractivity contribution in [3.05, 3.63) is 101 Å². The lowest BCUT2D eigenvalue weighted by Gasteiger charge is -2.32. The summed E-state index contributed by atoms with van der Waals surface area (Å²) in [5.74, 6) is -0.288. The van der Waals surface area contributed by atoms with Crippen molar-refractivity contribution in [1.29, 1.82) is 0 Å². The monoisotopic (exact) mass is 456 g/mol. The van der Waals surface area contributed by atoms with Crippen LogP contribution in [0.4, 0.5) is 10.1 Å². The van der Waals surface area contributed by atoms with Gasteiger partial charge >= 0.3 is 0 Å². The Morgan fingerprint density at radius 2 is 1.65 bits per heavy atom. The zero-order valence-corrected chi connectivity index (χ0v) is 19.0. The van der Waals surface area contributed by atoms with Gasteiger partial charge in [-0.15, -0.1) is 0 Å². The number of methoxy groups -OCH3 is 1. The molecule has 2 aliphatic heterocycles. The number of aryl methyl sites for hydroxylation is 1. The van der Waals surface area contributed by atoms with Crippen molar-refractivity contribution in [3.8, 4) is 5.75 Å². The van der Waals surface area contributed by atoms with Crippen LogP contribution >= 0.6 is 0 Å². The van der Waals surface area contributed by atoms with E-state index < -0.39 is 0 Å². The molecule has 0 fully saturated rings. The van der Waals surface area contributed by atoms with Crippen LogP contribution in [0.2, 0.25) is 0 Å². The van der Waals surface area contributed by atoms with E-state index in [9.17, 15) is 14.0 Å². The Labute approximate surface area is 198 Å². The highest BCUT2D eigenvalue weighted by atomic mass is 19.1. The molecule has 0 spiro atoms. The maximum atomic E-state index is 13.7. The number of fused-ring (bicyclic) bond motifs is 1. The number of hydrogen-bond donors (Lipinski definition) is 0. The summed E-state index contributed by atoms with van der Waals surface area (Å²) in [4.78, 5) is 30.6. The van der Waals surface area contributed by atoms with Crippen LogP contribution in [0, 0.1) is 5.82 Å². The quantitative estimate of drug-likeness (QED) is 0.509. The summed E-state index contributed by atoms with van der Waals surface area (Å²) in [5, 5.41) is 0. The predicted molar refractivity (Wildman–Crippen MR) is 129 cm³/mol. The van der Waals surface area contributed by atoms with Gasteiger partial charge in [0.15, 0.2) is 0 Å². The van der Waals surface area contributed by atoms with Gasteiger partial charge in [0.05, 0.1) is 12.7 Å². The number of hydrogen-bond acceptors (Lipinski definition) is 4. The fourth-order valence-electron chi connectivity index (χ4n) is 4.69. The summed E-state index contributed by atoms with van der Waals surface area (Å²) in [5.41, 5.74) is 4.35. The van der Waals surface area contributed by atoms with Gasteiger partial charge in [-0.3, -0.25) is 14.5 Å². The van der Waals surface area contributed by atoms with E-state index in [1.54, 1.807) is 19.2 Å². The molecule has 0 N–H and O–H groups in total. The van der Waals surface area contributed by atoms with Gasteiger partial charge in [-0.25, -0.2) is 4.39 Å². The van der Waals surface area contributed by atoms with E-state index in [2.05, 4.69) is 6.07 Å². The van der Waals surface area contributed by atoms with E-state index in [0.717, 1.165) is 35.4 Å². The van der Waals surface area contributed by atoms with Gasteiger partial charge in [0.1, 0.15) is 17.3 Å². The van der Waals surface area contributed by atoms with Crippen molar-refractivity contribution >= 4 is 23.1 Å². The van der Waals surface area contributed by atoms with Crippen LogP contribution in [0.25, 0.3) is 5.57 Å². The zero-order chi connectivity index (χ0) is 23.7. The second-order valence-electron chi connectivity index (χ2n) is 8.47. The number of carbonyl (C=O) groups excluding carboxylic acids is 2. The lowest BCUT2D eigenvalue weighted by molar-refractivity contribution is -0.136. The molecule has 0 unspecified atom stereocenters. The Morgan fingerprint density at radius 1 is 0.912 bits per heavy atom. The lowest BCUT2D eigenvalue weighted by Crippen LogP contribution is -2.38. The number of halogens is 1. The van der Waals surface area contributed by atoms with E-state index in [1.165, 1.54) is 17.0 Å². The van der Waals surface area contributed by atoms with Gasteiger partial charge in [-0.2, -0.15) is 0 Å². The largest absolute Gasteiger partial charge is 0.497 e. The number of anilines is 1.